The lowest BCUT2D eigenvalue weighted by Gasteiger charge is -2.20. The first-order valence-electron chi connectivity index (χ1n) is 7.06. The van der Waals surface area contributed by atoms with E-state index in [0.717, 1.165) is 5.69 Å². The average Bonchev–Trinajstić information content (AvgIpc) is 2.56. The Labute approximate surface area is 110 Å². The van der Waals surface area contributed by atoms with Crippen molar-refractivity contribution in [2.45, 2.75) is 38.6 Å². The molecule has 1 aromatic rings. The Bertz CT molecular complexity index is 367. The van der Waals surface area contributed by atoms with E-state index in [1.807, 2.05) is 12.1 Å². The minimum Gasteiger partial charge on any atom is -0.508 e. The van der Waals surface area contributed by atoms with E-state index in [1.54, 1.807) is 12.1 Å². The molecule has 1 atom stereocenters. The summed E-state index contributed by atoms with van der Waals surface area (Å²) in [7, 11) is 0. The van der Waals surface area contributed by atoms with Crippen LogP contribution in [0.25, 0.3) is 0 Å². The van der Waals surface area contributed by atoms with Crippen molar-refractivity contribution in [3.05, 3.63) is 24.3 Å². The van der Waals surface area contributed by atoms with Gasteiger partial charge in [-0.1, -0.05) is 13.0 Å². The molecule has 3 nitrogen and oxygen atoms in total. The molecule has 1 heterocycles. The molecule has 0 bridgehead atoms. The summed E-state index contributed by atoms with van der Waals surface area (Å²) in [5, 5.41) is 13.0. The van der Waals surface area contributed by atoms with Crippen molar-refractivity contribution >= 4 is 5.69 Å². The van der Waals surface area contributed by atoms with Gasteiger partial charge in [-0.3, -0.25) is 0 Å². The largest absolute Gasteiger partial charge is 0.508 e. The highest BCUT2D eigenvalue weighted by atomic mass is 16.3. The molecule has 0 spiro atoms. The standard InChI is InChI=1S/C15H24N2O/c1-2-9-17-10-4-6-13(8-11-17)16-14-5-3-7-15(18)12-14/h3,5,7,12-13,16,18H,2,4,6,8-11H2,1H3. The number of likely N-dealkylation sites (tertiary alicyclic amines) is 1. The molecular weight excluding hydrogens is 224 g/mol. The first kappa shape index (κ1) is 13.2. The Morgan fingerprint density at radius 2 is 2.22 bits per heavy atom. The molecule has 2 N–H and O–H groups in total. The molecule has 18 heavy (non-hydrogen) atoms. The number of rotatable bonds is 4. The van der Waals surface area contributed by atoms with Gasteiger partial charge in [0.1, 0.15) is 5.75 Å². The quantitative estimate of drug-likeness (QED) is 0.859. The van der Waals surface area contributed by atoms with E-state index in [0.29, 0.717) is 11.8 Å². The third-order valence-electron chi connectivity index (χ3n) is 3.58. The van der Waals surface area contributed by atoms with Gasteiger partial charge in [0, 0.05) is 24.3 Å². The fraction of sp³-hybridized carbons (Fsp3) is 0.600. The Balaban J connectivity index is 1.87. The van der Waals surface area contributed by atoms with Crippen molar-refractivity contribution in [2.75, 3.05) is 25.0 Å². The second-order valence-electron chi connectivity index (χ2n) is 5.16. The number of hydrogen-bond donors (Lipinski definition) is 2. The third-order valence-corrected chi connectivity index (χ3v) is 3.58. The van der Waals surface area contributed by atoms with E-state index in [9.17, 15) is 5.11 Å². The first-order chi connectivity index (χ1) is 8.78. The lowest BCUT2D eigenvalue weighted by Crippen LogP contribution is -2.27. The second-order valence-corrected chi connectivity index (χ2v) is 5.16. The normalized spacial score (nSPS) is 21.5. The Morgan fingerprint density at radius 1 is 1.33 bits per heavy atom. The molecule has 1 aromatic carbocycles. The highest BCUT2D eigenvalue weighted by Crippen LogP contribution is 2.20. The maximum Gasteiger partial charge on any atom is 0.117 e. The Morgan fingerprint density at radius 3 is 3.00 bits per heavy atom. The molecule has 0 aromatic heterocycles. The van der Waals surface area contributed by atoms with Gasteiger partial charge < -0.3 is 15.3 Å². The summed E-state index contributed by atoms with van der Waals surface area (Å²) in [4.78, 5) is 2.56. The van der Waals surface area contributed by atoms with Crippen LogP contribution in [0.3, 0.4) is 0 Å². The number of aromatic hydroxyl groups is 1. The summed E-state index contributed by atoms with van der Waals surface area (Å²) in [6.45, 7) is 5.88. The Kier molecular flexibility index (Phi) is 4.88. The summed E-state index contributed by atoms with van der Waals surface area (Å²) in [5.41, 5.74) is 1.03. The molecule has 1 saturated heterocycles. The fourth-order valence-electron chi connectivity index (χ4n) is 2.67. The molecule has 0 saturated carbocycles. The van der Waals surface area contributed by atoms with Gasteiger partial charge in [-0.2, -0.15) is 0 Å². The molecule has 1 aliphatic heterocycles. The zero-order valence-corrected chi connectivity index (χ0v) is 11.2. The van der Waals surface area contributed by atoms with Gasteiger partial charge in [0.25, 0.3) is 0 Å². The van der Waals surface area contributed by atoms with Crippen LogP contribution in [0.2, 0.25) is 0 Å². The van der Waals surface area contributed by atoms with Crippen LogP contribution in [-0.2, 0) is 0 Å². The minimum atomic E-state index is 0.334. The first-order valence-corrected chi connectivity index (χ1v) is 7.06. The number of anilines is 1. The van der Waals surface area contributed by atoms with Crippen molar-refractivity contribution < 1.29 is 5.11 Å². The number of phenolic OH excluding ortho intramolecular Hbond substituents is 1. The van der Waals surface area contributed by atoms with E-state index in [1.165, 1.54) is 45.3 Å². The third kappa shape index (κ3) is 3.91. The SMILES string of the molecule is CCCN1CCCC(Nc2cccc(O)c2)CC1. The van der Waals surface area contributed by atoms with Gasteiger partial charge in [0.05, 0.1) is 0 Å². The van der Waals surface area contributed by atoms with Crippen LogP contribution < -0.4 is 5.32 Å². The average molecular weight is 248 g/mol. The summed E-state index contributed by atoms with van der Waals surface area (Å²) < 4.78 is 0. The molecule has 1 unspecified atom stereocenters. The maximum atomic E-state index is 9.46. The number of phenols is 1. The zero-order chi connectivity index (χ0) is 12.8. The van der Waals surface area contributed by atoms with Crippen molar-refractivity contribution in [3.8, 4) is 5.75 Å². The van der Waals surface area contributed by atoms with Crippen LogP contribution >= 0.6 is 0 Å². The molecule has 100 valence electrons. The summed E-state index contributed by atoms with van der Waals surface area (Å²) in [5.74, 6) is 0.334. The number of hydrogen-bond acceptors (Lipinski definition) is 3. The molecule has 1 aliphatic rings. The van der Waals surface area contributed by atoms with E-state index >= 15 is 0 Å². The number of nitrogens with zero attached hydrogens (tertiary/aromatic N) is 1. The van der Waals surface area contributed by atoms with Crippen LogP contribution in [0.15, 0.2) is 24.3 Å². The molecule has 3 heteroatoms. The van der Waals surface area contributed by atoms with E-state index in [2.05, 4.69) is 17.1 Å². The molecular formula is C15H24N2O. The van der Waals surface area contributed by atoms with Gasteiger partial charge in [-0.05, 0) is 50.9 Å². The number of benzene rings is 1. The maximum absolute atomic E-state index is 9.46. The fourth-order valence-corrected chi connectivity index (χ4v) is 2.67. The lowest BCUT2D eigenvalue weighted by molar-refractivity contribution is 0.285. The van der Waals surface area contributed by atoms with Crippen molar-refractivity contribution in [1.82, 2.24) is 4.90 Å². The van der Waals surface area contributed by atoms with Crippen LogP contribution in [0, 0.1) is 0 Å². The molecule has 2 rings (SSSR count). The van der Waals surface area contributed by atoms with E-state index in [4.69, 9.17) is 0 Å². The van der Waals surface area contributed by atoms with Crippen LogP contribution in [0.5, 0.6) is 5.75 Å². The summed E-state index contributed by atoms with van der Waals surface area (Å²) in [6, 6.07) is 7.95. The smallest absolute Gasteiger partial charge is 0.117 e. The van der Waals surface area contributed by atoms with Crippen LogP contribution in [0.1, 0.15) is 32.6 Å². The number of nitrogens with one attached hydrogen (secondary N) is 1. The molecule has 0 radical (unpaired) electrons. The summed E-state index contributed by atoms with van der Waals surface area (Å²) >= 11 is 0. The lowest BCUT2D eigenvalue weighted by atomic mass is 10.1. The van der Waals surface area contributed by atoms with Crippen molar-refractivity contribution in [1.29, 1.82) is 0 Å². The summed E-state index contributed by atoms with van der Waals surface area (Å²) in [6.07, 6.45) is 4.91. The van der Waals surface area contributed by atoms with Gasteiger partial charge in [-0.25, -0.2) is 0 Å². The van der Waals surface area contributed by atoms with Gasteiger partial charge in [0.2, 0.25) is 0 Å². The van der Waals surface area contributed by atoms with Crippen LogP contribution in [-0.4, -0.2) is 35.7 Å². The predicted molar refractivity (Wildman–Crippen MR) is 76.1 cm³/mol. The van der Waals surface area contributed by atoms with Crippen molar-refractivity contribution in [3.63, 3.8) is 0 Å². The molecule has 1 fully saturated rings. The Hall–Kier alpha value is -1.22. The van der Waals surface area contributed by atoms with Gasteiger partial charge in [-0.15, -0.1) is 0 Å². The van der Waals surface area contributed by atoms with Crippen molar-refractivity contribution in [2.24, 2.45) is 0 Å². The molecule has 0 aliphatic carbocycles. The van der Waals surface area contributed by atoms with Crippen LogP contribution in [0.4, 0.5) is 5.69 Å². The zero-order valence-electron chi connectivity index (χ0n) is 11.2. The van der Waals surface area contributed by atoms with Gasteiger partial charge in [0.15, 0.2) is 0 Å². The van der Waals surface area contributed by atoms with Gasteiger partial charge >= 0.3 is 0 Å². The second kappa shape index (κ2) is 6.64. The molecule has 0 amide bonds. The van der Waals surface area contributed by atoms with E-state index < -0.39 is 0 Å². The topological polar surface area (TPSA) is 35.5 Å². The minimum absolute atomic E-state index is 0.334. The highest BCUT2D eigenvalue weighted by Gasteiger charge is 2.16. The highest BCUT2D eigenvalue weighted by molar-refractivity contribution is 5.48. The van der Waals surface area contributed by atoms with E-state index in [-0.39, 0.29) is 0 Å². The monoisotopic (exact) mass is 248 g/mol. The predicted octanol–water partition coefficient (Wildman–Crippen LogP) is 3.07.